The molecule has 0 fully saturated rings. The molecular weight excluding hydrogens is 420 g/mol. The van der Waals surface area contributed by atoms with E-state index in [1.807, 2.05) is 20.8 Å². The number of unbranched alkanes of at least 4 members (excludes halogenated alkanes) is 3. The van der Waals surface area contributed by atoms with Gasteiger partial charge in [0.2, 0.25) is 0 Å². The number of rotatable bonds is 22. The molecular formula is C23H42O9. The minimum atomic E-state index is -1.55. The van der Waals surface area contributed by atoms with E-state index < -0.39 is 35.7 Å². The van der Waals surface area contributed by atoms with Gasteiger partial charge in [0.25, 0.3) is 5.97 Å². The van der Waals surface area contributed by atoms with Crippen LogP contribution in [-0.4, -0.2) is 59.0 Å². The maximum Gasteiger partial charge on any atom is 0.306 e. The fourth-order valence-corrected chi connectivity index (χ4v) is 3.18. The molecule has 188 valence electrons. The molecule has 0 aromatic carbocycles. The van der Waals surface area contributed by atoms with Gasteiger partial charge in [-0.25, -0.2) is 0 Å². The van der Waals surface area contributed by atoms with E-state index in [1.165, 1.54) is 0 Å². The molecule has 0 radical (unpaired) electrons. The summed E-state index contributed by atoms with van der Waals surface area (Å²) in [6.07, 6.45) is 4.69. The van der Waals surface area contributed by atoms with Crippen molar-refractivity contribution in [2.24, 2.45) is 11.8 Å². The van der Waals surface area contributed by atoms with E-state index in [1.54, 1.807) is 0 Å². The van der Waals surface area contributed by atoms with Crippen LogP contribution in [-0.2, 0) is 28.6 Å². The highest BCUT2D eigenvalue weighted by Gasteiger charge is 2.40. The van der Waals surface area contributed by atoms with Gasteiger partial charge in [0.15, 0.2) is 0 Å². The van der Waals surface area contributed by atoms with Crippen LogP contribution < -0.4 is 0 Å². The Morgan fingerprint density at radius 2 is 1.16 bits per heavy atom. The molecule has 0 amide bonds. The van der Waals surface area contributed by atoms with Crippen LogP contribution in [0.2, 0.25) is 0 Å². The van der Waals surface area contributed by atoms with Crippen LogP contribution in [0.15, 0.2) is 0 Å². The van der Waals surface area contributed by atoms with Gasteiger partial charge in [0.1, 0.15) is 0 Å². The summed E-state index contributed by atoms with van der Waals surface area (Å²) < 4.78 is 17.9. The molecule has 0 bridgehead atoms. The maximum atomic E-state index is 12.1. The predicted molar refractivity (Wildman–Crippen MR) is 118 cm³/mol. The average molecular weight is 463 g/mol. The zero-order chi connectivity index (χ0) is 24.4. The molecule has 0 saturated carbocycles. The predicted octanol–water partition coefficient (Wildman–Crippen LogP) is 4.53. The number of aliphatic carboxylic acids is 3. The van der Waals surface area contributed by atoms with Crippen LogP contribution in [0.25, 0.3) is 0 Å². The number of hydrogen-bond acceptors (Lipinski definition) is 6. The second-order valence-corrected chi connectivity index (χ2v) is 8.09. The summed E-state index contributed by atoms with van der Waals surface area (Å²) in [5, 5.41) is 28.2. The highest BCUT2D eigenvalue weighted by Crippen LogP contribution is 2.31. The molecule has 32 heavy (non-hydrogen) atoms. The van der Waals surface area contributed by atoms with Crippen LogP contribution in [0.5, 0.6) is 0 Å². The molecule has 9 nitrogen and oxygen atoms in total. The van der Waals surface area contributed by atoms with E-state index in [0.717, 1.165) is 38.5 Å². The third kappa shape index (κ3) is 13.6. The van der Waals surface area contributed by atoms with Gasteiger partial charge in [0.05, 0.1) is 31.7 Å². The van der Waals surface area contributed by atoms with E-state index in [4.69, 9.17) is 19.3 Å². The van der Waals surface area contributed by atoms with Crippen LogP contribution in [0, 0.1) is 11.8 Å². The maximum absolute atomic E-state index is 12.1. The first kappa shape index (κ1) is 30.3. The third-order valence-corrected chi connectivity index (χ3v) is 5.17. The lowest BCUT2D eigenvalue weighted by molar-refractivity contribution is -0.387. The van der Waals surface area contributed by atoms with Crippen molar-refractivity contribution < 1.29 is 43.9 Å². The van der Waals surface area contributed by atoms with E-state index in [-0.39, 0.29) is 32.1 Å². The first-order valence-electron chi connectivity index (χ1n) is 11.8. The fraction of sp³-hybridized carbons (Fsp3) is 0.870. The molecule has 0 spiro atoms. The Labute approximate surface area is 191 Å². The number of carbonyl (C=O) groups is 3. The van der Waals surface area contributed by atoms with Crippen molar-refractivity contribution in [1.29, 1.82) is 0 Å². The van der Waals surface area contributed by atoms with E-state index in [0.29, 0.717) is 19.8 Å². The van der Waals surface area contributed by atoms with Gasteiger partial charge in [-0.05, 0) is 38.5 Å². The van der Waals surface area contributed by atoms with Gasteiger partial charge in [-0.15, -0.1) is 0 Å². The van der Waals surface area contributed by atoms with Gasteiger partial charge in [-0.3, -0.25) is 14.4 Å². The number of carboxylic acids is 3. The average Bonchev–Trinajstić information content (AvgIpc) is 2.72. The van der Waals surface area contributed by atoms with E-state index in [2.05, 4.69) is 0 Å². The summed E-state index contributed by atoms with van der Waals surface area (Å²) in [4.78, 5) is 34.5. The summed E-state index contributed by atoms with van der Waals surface area (Å²) >= 11 is 0. The normalized spacial score (nSPS) is 13.6. The van der Waals surface area contributed by atoms with E-state index >= 15 is 0 Å². The highest BCUT2D eigenvalue weighted by molar-refractivity contribution is 5.74. The van der Waals surface area contributed by atoms with Crippen molar-refractivity contribution >= 4 is 17.9 Å². The fourth-order valence-electron chi connectivity index (χ4n) is 3.18. The number of ether oxygens (including phenoxy) is 3. The minimum absolute atomic E-state index is 0.0858. The van der Waals surface area contributed by atoms with Gasteiger partial charge >= 0.3 is 17.9 Å². The summed E-state index contributed by atoms with van der Waals surface area (Å²) in [5.41, 5.74) is 0. The molecule has 3 N–H and O–H groups in total. The lowest BCUT2D eigenvalue weighted by atomic mass is 9.88. The summed E-state index contributed by atoms with van der Waals surface area (Å²) in [7, 11) is 0. The Morgan fingerprint density at radius 3 is 1.50 bits per heavy atom. The van der Waals surface area contributed by atoms with Gasteiger partial charge < -0.3 is 29.5 Å². The van der Waals surface area contributed by atoms with Crippen molar-refractivity contribution in [3.63, 3.8) is 0 Å². The largest absolute Gasteiger partial charge is 0.481 e. The third-order valence-electron chi connectivity index (χ3n) is 5.17. The summed E-state index contributed by atoms with van der Waals surface area (Å²) in [6, 6.07) is 0. The Kier molecular flexibility index (Phi) is 16.8. The van der Waals surface area contributed by atoms with Crippen molar-refractivity contribution in [3.8, 4) is 0 Å². The lowest BCUT2D eigenvalue weighted by Gasteiger charge is -2.35. The van der Waals surface area contributed by atoms with Crippen LogP contribution in [0.3, 0.4) is 0 Å². The molecule has 2 unspecified atom stereocenters. The first-order chi connectivity index (χ1) is 15.2. The highest BCUT2D eigenvalue weighted by atomic mass is 16.9. The summed E-state index contributed by atoms with van der Waals surface area (Å²) in [5.74, 6) is -6.91. The monoisotopic (exact) mass is 462 g/mol. The second-order valence-electron chi connectivity index (χ2n) is 8.09. The lowest BCUT2D eigenvalue weighted by Crippen LogP contribution is -2.44. The first-order valence-corrected chi connectivity index (χ1v) is 11.8. The second kappa shape index (κ2) is 17.8. The van der Waals surface area contributed by atoms with Crippen LogP contribution >= 0.6 is 0 Å². The molecule has 0 aromatic heterocycles. The summed E-state index contributed by atoms with van der Waals surface area (Å²) in [6.45, 7) is 7.03. The van der Waals surface area contributed by atoms with Crippen molar-refractivity contribution in [1.82, 2.24) is 0 Å². The van der Waals surface area contributed by atoms with Crippen molar-refractivity contribution in [3.05, 3.63) is 0 Å². The number of carboxylic acid groups (broad SMARTS) is 3. The molecule has 9 heteroatoms. The minimum Gasteiger partial charge on any atom is -0.481 e. The topological polar surface area (TPSA) is 140 Å². The quantitative estimate of drug-likeness (QED) is 0.156. The molecule has 0 saturated heterocycles. The molecule has 0 aromatic rings. The standard InChI is InChI=1S/C23H42O9/c1-4-7-13-30-23(31-14-8-5-2,32-15-9-6-3)17-19(22(28)29)16-18(21(26)27)11-10-12-20(24)25/h18-19H,4-17H2,1-3H3,(H,24,25)(H,26,27)(H,28,29). The SMILES string of the molecule is CCCCOC(CC(CC(CCCC(=O)O)C(=O)O)C(=O)O)(OCCCC)OCCCC. The molecule has 0 aliphatic heterocycles. The van der Waals surface area contributed by atoms with Gasteiger partial charge in [0, 0.05) is 12.8 Å². The zero-order valence-electron chi connectivity index (χ0n) is 19.8. The van der Waals surface area contributed by atoms with Crippen molar-refractivity contribution in [2.45, 2.75) is 97.4 Å². The number of hydrogen-bond donors (Lipinski definition) is 3. The smallest absolute Gasteiger partial charge is 0.306 e. The van der Waals surface area contributed by atoms with Gasteiger partial charge in [-0.2, -0.15) is 0 Å². The van der Waals surface area contributed by atoms with Crippen LogP contribution in [0.4, 0.5) is 0 Å². The molecule has 0 rings (SSSR count). The van der Waals surface area contributed by atoms with Crippen molar-refractivity contribution in [2.75, 3.05) is 19.8 Å². The Bertz CT molecular complexity index is 509. The van der Waals surface area contributed by atoms with Gasteiger partial charge in [-0.1, -0.05) is 40.0 Å². The Hall–Kier alpha value is -1.71. The van der Waals surface area contributed by atoms with E-state index in [9.17, 15) is 24.6 Å². The zero-order valence-corrected chi connectivity index (χ0v) is 19.8. The Balaban J connectivity index is 5.57. The molecule has 0 heterocycles. The molecule has 0 aliphatic rings. The molecule has 2 atom stereocenters. The Morgan fingerprint density at radius 1 is 0.719 bits per heavy atom. The molecule has 0 aliphatic carbocycles. The van der Waals surface area contributed by atoms with Crippen LogP contribution in [0.1, 0.15) is 91.4 Å².